The van der Waals surface area contributed by atoms with Crippen molar-refractivity contribution in [2.45, 2.75) is 55.5 Å². The maximum atomic E-state index is 13.4. The number of nitrogens with one attached hydrogen (secondary N) is 1. The third kappa shape index (κ3) is 4.12. The monoisotopic (exact) mass is 455 g/mol. The van der Waals surface area contributed by atoms with Crippen molar-refractivity contribution < 1.29 is 13.2 Å². The summed E-state index contributed by atoms with van der Waals surface area (Å²) in [7, 11) is -3.64. The van der Waals surface area contributed by atoms with Crippen LogP contribution in [0.3, 0.4) is 0 Å². The lowest BCUT2D eigenvalue weighted by atomic mass is 10.1. The number of carbonyl (C=O) groups is 1. The van der Waals surface area contributed by atoms with Gasteiger partial charge in [-0.05, 0) is 56.0 Å². The molecule has 0 spiro atoms. The van der Waals surface area contributed by atoms with Crippen molar-refractivity contribution >= 4 is 37.5 Å². The molecule has 1 saturated heterocycles. The molecule has 1 aliphatic heterocycles. The quantitative estimate of drug-likeness (QED) is 0.615. The van der Waals surface area contributed by atoms with Crippen molar-refractivity contribution in [3.63, 3.8) is 0 Å². The molecular weight excluding hydrogens is 430 g/mol. The lowest BCUT2D eigenvalue weighted by molar-refractivity contribution is 0.0735. The number of carbonyl (C=O) groups excluding carboxylic acids is 1. The Bertz CT molecular complexity index is 1180. The molecule has 5 rings (SSSR count). The predicted molar refractivity (Wildman–Crippen MR) is 122 cm³/mol. The van der Waals surface area contributed by atoms with Crippen LogP contribution in [0.2, 0.25) is 0 Å². The molecule has 1 atom stereocenters. The third-order valence-electron chi connectivity index (χ3n) is 6.18. The first-order valence-electron chi connectivity index (χ1n) is 10.8. The molecule has 2 heterocycles. The van der Waals surface area contributed by atoms with Crippen LogP contribution in [0.5, 0.6) is 0 Å². The number of aromatic nitrogens is 1. The fourth-order valence-corrected chi connectivity index (χ4v) is 7.06. The molecular formula is C23H25N3O3S2. The summed E-state index contributed by atoms with van der Waals surface area (Å²) in [5, 5.41) is 0.943. The van der Waals surface area contributed by atoms with Gasteiger partial charge in [-0.3, -0.25) is 4.79 Å². The van der Waals surface area contributed by atoms with E-state index in [4.69, 9.17) is 4.98 Å². The number of rotatable bonds is 5. The fraction of sp³-hybridized carbons (Fsp3) is 0.391. The fourth-order valence-electron chi connectivity index (χ4n) is 4.59. The van der Waals surface area contributed by atoms with Gasteiger partial charge in [0, 0.05) is 18.2 Å². The molecule has 8 heteroatoms. The van der Waals surface area contributed by atoms with Crippen LogP contribution in [0.1, 0.15) is 59.9 Å². The van der Waals surface area contributed by atoms with E-state index in [2.05, 4.69) is 4.72 Å². The van der Waals surface area contributed by atoms with Crippen LogP contribution in [0, 0.1) is 0 Å². The Hall–Kier alpha value is -2.29. The SMILES string of the molecule is O=C(c1cccc(S(=O)(=O)NC2CCCC2)c1)N1CCCC1c1nc2ccccc2s1. The summed E-state index contributed by atoms with van der Waals surface area (Å²) in [4.78, 5) is 20.1. The van der Waals surface area contributed by atoms with Gasteiger partial charge in [-0.1, -0.05) is 31.0 Å². The lowest BCUT2D eigenvalue weighted by Gasteiger charge is -2.23. The number of fused-ring (bicyclic) bond motifs is 1. The number of benzene rings is 2. The van der Waals surface area contributed by atoms with Crippen LogP contribution in [0.15, 0.2) is 53.4 Å². The Morgan fingerprint density at radius 3 is 2.65 bits per heavy atom. The molecule has 1 saturated carbocycles. The number of amides is 1. The van der Waals surface area contributed by atoms with Crippen molar-refractivity contribution in [3.05, 3.63) is 59.1 Å². The maximum Gasteiger partial charge on any atom is 0.254 e. The van der Waals surface area contributed by atoms with Gasteiger partial charge in [-0.25, -0.2) is 18.1 Å². The molecule has 1 unspecified atom stereocenters. The molecule has 1 N–H and O–H groups in total. The highest BCUT2D eigenvalue weighted by Crippen LogP contribution is 2.37. The summed E-state index contributed by atoms with van der Waals surface area (Å²) in [6.45, 7) is 0.650. The smallest absolute Gasteiger partial charge is 0.254 e. The largest absolute Gasteiger partial charge is 0.329 e. The first kappa shape index (κ1) is 20.6. The van der Waals surface area contributed by atoms with Crippen LogP contribution in [-0.4, -0.2) is 36.8 Å². The van der Waals surface area contributed by atoms with Crippen LogP contribution in [-0.2, 0) is 10.0 Å². The van der Waals surface area contributed by atoms with E-state index >= 15 is 0 Å². The Kier molecular flexibility index (Phi) is 5.54. The number of likely N-dealkylation sites (tertiary alicyclic amines) is 1. The molecule has 162 valence electrons. The molecule has 0 radical (unpaired) electrons. The van der Waals surface area contributed by atoms with Gasteiger partial charge in [0.1, 0.15) is 5.01 Å². The van der Waals surface area contributed by atoms with Crippen LogP contribution in [0.4, 0.5) is 0 Å². The van der Waals surface area contributed by atoms with Gasteiger partial charge in [0.15, 0.2) is 0 Å². The van der Waals surface area contributed by atoms with Gasteiger partial charge in [-0.15, -0.1) is 11.3 Å². The van der Waals surface area contributed by atoms with Gasteiger partial charge in [0.2, 0.25) is 10.0 Å². The van der Waals surface area contributed by atoms with E-state index in [0.717, 1.165) is 53.7 Å². The second-order valence-electron chi connectivity index (χ2n) is 8.31. The second-order valence-corrected chi connectivity index (χ2v) is 11.1. The van der Waals surface area contributed by atoms with Gasteiger partial charge in [-0.2, -0.15) is 0 Å². The molecule has 1 amide bonds. The topological polar surface area (TPSA) is 79.4 Å². The zero-order valence-electron chi connectivity index (χ0n) is 17.2. The summed E-state index contributed by atoms with van der Waals surface area (Å²) >= 11 is 1.63. The van der Waals surface area contributed by atoms with Crippen molar-refractivity contribution in [1.29, 1.82) is 0 Å². The minimum absolute atomic E-state index is 0.00800. The second kappa shape index (κ2) is 8.33. The summed E-state index contributed by atoms with van der Waals surface area (Å²) in [6.07, 6.45) is 5.62. The van der Waals surface area contributed by atoms with Gasteiger partial charge in [0.25, 0.3) is 5.91 Å². The Morgan fingerprint density at radius 1 is 1.03 bits per heavy atom. The van der Waals surface area contributed by atoms with Crippen LogP contribution < -0.4 is 4.72 Å². The van der Waals surface area contributed by atoms with Gasteiger partial charge >= 0.3 is 0 Å². The summed E-state index contributed by atoms with van der Waals surface area (Å²) < 4.78 is 29.6. The minimum Gasteiger partial charge on any atom is -0.329 e. The first-order chi connectivity index (χ1) is 15.0. The molecule has 2 aromatic carbocycles. The van der Waals surface area contributed by atoms with E-state index in [1.165, 1.54) is 6.07 Å². The van der Waals surface area contributed by atoms with Crippen molar-refractivity contribution in [2.75, 3.05) is 6.54 Å². The number of para-hydroxylation sites is 1. The highest BCUT2D eigenvalue weighted by molar-refractivity contribution is 7.89. The maximum absolute atomic E-state index is 13.4. The number of hydrogen-bond donors (Lipinski definition) is 1. The van der Waals surface area contributed by atoms with Crippen molar-refractivity contribution in [3.8, 4) is 0 Å². The average Bonchev–Trinajstić information content (AvgIpc) is 3.52. The molecule has 1 aromatic heterocycles. The summed E-state index contributed by atoms with van der Waals surface area (Å²) in [6, 6.07) is 14.3. The lowest BCUT2D eigenvalue weighted by Crippen LogP contribution is -2.33. The molecule has 1 aliphatic carbocycles. The van der Waals surface area contributed by atoms with E-state index in [0.29, 0.717) is 12.1 Å². The van der Waals surface area contributed by atoms with E-state index in [1.807, 2.05) is 29.2 Å². The van der Waals surface area contributed by atoms with Crippen molar-refractivity contribution in [1.82, 2.24) is 14.6 Å². The molecule has 0 bridgehead atoms. The van der Waals surface area contributed by atoms with Gasteiger partial charge in [0.05, 0.1) is 21.2 Å². The van der Waals surface area contributed by atoms with Gasteiger partial charge < -0.3 is 4.90 Å². The van der Waals surface area contributed by atoms with Crippen LogP contribution in [0.25, 0.3) is 10.2 Å². The molecule has 2 aliphatic rings. The highest BCUT2D eigenvalue weighted by Gasteiger charge is 2.33. The third-order valence-corrected chi connectivity index (χ3v) is 8.83. The summed E-state index contributed by atoms with van der Waals surface area (Å²) in [5.74, 6) is -0.139. The standard InChI is InChI=1S/C23H25N3O3S2/c27-23(16-7-5-10-18(15-16)31(28,29)25-17-8-1-2-9-17)26-14-6-12-20(26)22-24-19-11-3-4-13-21(19)30-22/h3-5,7,10-11,13,15,17,20,25H,1-2,6,8-9,12,14H2. The zero-order chi connectivity index (χ0) is 21.4. The molecule has 6 nitrogen and oxygen atoms in total. The van der Waals surface area contributed by atoms with E-state index in [1.54, 1.807) is 29.5 Å². The number of sulfonamides is 1. The minimum atomic E-state index is -3.64. The highest BCUT2D eigenvalue weighted by atomic mass is 32.2. The Morgan fingerprint density at radius 2 is 1.84 bits per heavy atom. The number of nitrogens with zero attached hydrogens (tertiary/aromatic N) is 2. The predicted octanol–water partition coefficient (Wildman–Crippen LogP) is 4.49. The van der Waals surface area contributed by atoms with E-state index in [-0.39, 0.29) is 22.9 Å². The first-order valence-corrected chi connectivity index (χ1v) is 13.1. The van der Waals surface area contributed by atoms with E-state index in [9.17, 15) is 13.2 Å². The number of thiazole rings is 1. The zero-order valence-corrected chi connectivity index (χ0v) is 18.8. The number of hydrogen-bond acceptors (Lipinski definition) is 5. The van der Waals surface area contributed by atoms with Crippen molar-refractivity contribution in [2.24, 2.45) is 0 Å². The molecule has 3 aromatic rings. The molecule has 2 fully saturated rings. The average molecular weight is 456 g/mol. The summed E-state index contributed by atoms with van der Waals surface area (Å²) in [5.41, 5.74) is 1.36. The Labute approximate surface area is 186 Å². The van der Waals surface area contributed by atoms with Crippen LogP contribution >= 0.6 is 11.3 Å². The normalized spacial score (nSPS) is 20.0. The molecule has 31 heavy (non-hydrogen) atoms. The van der Waals surface area contributed by atoms with E-state index < -0.39 is 10.0 Å². The Balaban J connectivity index is 1.39.